The van der Waals surface area contributed by atoms with Crippen LogP contribution < -0.4 is 55.0 Å². The van der Waals surface area contributed by atoms with Crippen molar-refractivity contribution in [1.82, 2.24) is 31.6 Å². The average molecular weight is 1920 g/mol. The van der Waals surface area contributed by atoms with Crippen LogP contribution in [0.4, 0.5) is 0 Å². The molecule has 5 aliphatic rings. The standard InChI is InChI=1S/C24H30N2O3.C24H31NO2S.2C22H27NO2S.C21H24ClNO2S/c1-5-6-7-14-29-20-11-9-19(10-12-20)24(3)15-21(17(2)23(27)26-24)18-8-13-22(28-4)25-16-18;1-5-6-7-8-15-27-20-12-10-19(11-13-20)24(4)16-21(18(3)23(26)25-24)22-14-9-17(2)28-22;1-5-6-13-25-18-10-8-17(9-11-18)22(4)14-19(16(3)21(24)23-22)20-12-7-15(2)26-20;1-5-6-11-25-18-9-7-17(8-10-18)22(4)13-19(16(3)21(24)23-22)20-12-15(2)14-26-20;1-4-5-12-25-16-8-6-15(7-9-16)21(3)13-17(14(2)20(24)23-21)18-10-11-19(22)26-18/h8-13,16H,5-7,14-15H2,1-4H3,(H,26,27);9-14H,5-8,15-16H2,1-4H3,(H,25,26);7-12H,5-6,13-14H2,1-4H3,(H,23,24);7-10,12,14H,5-6,11,13H2,1-4H3,(H,23,24);6-11H,4-5,12-13H2,1-3H3,(H,23,24). The van der Waals surface area contributed by atoms with E-state index in [2.05, 4.69) is 194 Å². The highest BCUT2D eigenvalue weighted by atomic mass is 35.5. The summed E-state index contributed by atoms with van der Waals surface area (Å²) in [5.74, 6) is 4.92. The fourth-order valence-corrected chi connectivity index (χ4v) is 21.2. The van der Waals surface area contributed by atoms with Gasteiger partial charge in [0.25, 0.3) is 0 Å². The Kier molecular flexibility index (Phi) is 37.8. The lowest BCUT2D eigenvalue weighted by Gasteiger charge is -2.37. The van der Waals surface area contributed by atoms with Crippen molar-refractivity contribution in [1.29, 1.82) is 0 Å². The van der Waals surface area contributed by atoms with Crippen LogP contribution >= 0.6 is 56.9 Å². The van der Waals surface area contributed by atoms with Crippen molar-refractivity contribution < 1.29 is 52.4 Å². The number of nitrogens with one attached hydrogen (secondary N) is 5. The lowest BCUT2D eigenvalue weighted by Crippen LogP contribution is -2.47. The molecule has 0 bridgehead atoms. The van der Waals surface area contributed by atoms with Gasteiger partial charge in [0, 0.05) is 101 Å². The van der Waals surface area contributed by atoms with Crippen LogP contribution in [0.3, 0.4) is 0 Å². The first kappa shape index (κ1) is 105. The van der Waals surface area contributed by atoms with Crippen LogP contribution in [0, 0.1) is 20.8 Å². The zero-order valence-corrected chi connectivity index (χ0v) is 86.6. The number of nitrogens with zero attached hydrogens (tertiary/aromatic N) is 1. The molecule has 15 rings (SSSR count). The Labute approximate surface area is 822 Å². The third-order valence-corrected chi connectivity index (χ3v) is 30.4. The number of methoxy groups -OCH3 is 1. The van der Waals surface area contributed by atoms with Gasteiger partial charge in [-0.25, -0.2) is 4.98 Å². The molecule has 0 fully saturated rings. The first-order valence-electron chi connectivity index (χ1n) is 47.9. The number of hydrogen-bond acceptors (Lipinski definition) is 16. The van der Waals surface area contributed by atoms with E-state index in [0.29, 0.717) is 12.3 Å². The molecule has 5 aromatic heterocycles. The maximum atomic E-state index is 12.7. The molecule has 5 aliphatic heterocycles. The summed E-state index contributed by atoms with van der Waals surface area (Å²) in [5, 5.41) is 18.1. The maximum absolute atomic E-state index is 12.7. The Hall–Kier alpha value is -10.8. The van der Waals surface area contributed by atoms with Gasteiger partial charge in [0.2, 0.25) is 35.4 Å². The summed E-state index contributed by atoms with van der Waals surface area (Å²) in [6, 6.07) is 58.9. The van der Waals surface area contributed by atoms with E-state index < -0.39 is 27.7 Å². The average Bonchev–Trinajstić information content (AvgIpc) is 1.58. The summed E-state index contributed by atoms with van der Waals surface area (Å²) >= 11 is 12.8. The number of amides is 5. The lowest BCUT2D eigenvalue weighted by atomic mass is 9.79. The second-order valence-corrected chi connectivity index (χ2v) is 42.2. The van der Waals surface area contributed by atoms with Gasteiger partial charge >= 0.3 is 0 Å². The fraction of sp³-hybridized carbons (Fsp3) is 0.416. The van der Waals surface area contributed by atoms with E-state index in [1.165, 1.54) is 73.4 Å². The molecule has 5 amide bonds. The number of pyridine rings is 1. The third-order valence-electron chi connectivity index (χ3n) is 25.9. The van der Waals surface area contributed by atoms with Crippen LogP contribution in [-0.2, 0) is 51.7 Å². The number of unbranched alkanes of at least 4 members (excludes halogenated alkanes) is 8. The predicted octanol–water partition coefficient (Wildman–Crippen LogP) is 27.8. The second kappa shape index (κ2) is 48.8. The van der Waals surface area contributed by atoms with E-state index in [4.69, 9.17) is 40.0 Å². The topological polar surface area (TPSA) is 214 Å². The molecule has 0 radical (unpaired) electrons. The number of hydrogen-bond donors (Lipinski definition) is 5. The number of rotatable bonds is 34. The molecule has 10 heterocycles. The molecule has 5 atom stereocenters. The molecule has 0 aliphatic carbocycles. The van der Waals surface area contributed by atoms with Crippen molar-refractivity contribution in [3.05, 3.63) is 288 Å². The number of thiophene rings is 4. The highest BCUT2D eigenvalue weighted by molar-refractivity contribution is 7.17. The highest BCUT2D eigenvalue weighted by Gasteiger charge is 2.42. The molecule has 5 aromatic carbocycles. The van der Waals surface area contributed by atoms with Gasteiger partial charge in [-0.05, 0) is 303 Å². The van der Waals surface area contributed by atoms with Crippen molar-refractivity contribution in [3.63, 3.8) is 0 Å². The number of carbonyl (C=O) groups is 5. The minimum Gasteiger partial charge on any atom is -0.494 e. The summed E-state index contributed by atoms with van der Waals surface area (Å²) in [6.07, 6.45) is 20.3. The lowest BCUT2D eigenvalue weighted by molar-refractivity contribution is -0.120. The maximum Gasteiger partial charge on any atom is 0.247 e. The largest absolute Gasteiger partial charge is 0.494 e. The molecule has 5 unspecified atom stereocenters. The SMILES string of the molecule is CCCCCCOc1ccc(C2(C)CC(c3ccc(C)s3)=C(C)C(=O)N2)cc1.CCCCCOc1ccc(C2(C)CC(c3ccc(OC)nc3)=C(C)C(=O)N2)cc1.CCCCOc1ccc(C2(C)CC(c3cc(C)cs3)=C(C)C(=O)N2)cc1.CCCCOc1ccc(C2(C)CC(c3ccc(C)s3)=C(C)C(=O)N2)cc1.CCCCOc1ccc(C2(C)CC(c3ccc(Cl)s3)=C(C)C(=O)N2)cc1. The molecule has 135 heavy (non-hydrogen) atoms. The quantitative estimate of drug-likeness (QED) is 0.0238. The zero-order valence-electron chi connectivity index (χ0n) is 82.6. The van der Waals surface area contributed by atoms with E-state index in [-0.39, 0.29) is 29.5 Å². The first-order chi connectivity index (χ1) is 64.7. The molecule has 0 spiro atoms. The van der Waals surface area contributed by atoms with Gasteiger partial charge in [-0.1, -0.05) is 158 Å². The highest BCUT2D eigenvalue weighted by Crippen LogP contribution is 2.47. The van der Waals surface area contributed by atoms with E-state index in [9.17, 15) is 24.0 Å². The summed E-state index contributed by atoms with van der Waals surface area (Å²) < 4.78 is 34.8. The second-order valence-electron chi connectivity index (χ2n) is 37.0. The van der Waals surface area contributed by atoms with Crippen LogP contribution in [0.15, 0.2) is 215 Å². The predicted molar refractivity (Wildman–Crippen MR) is 559 cm³/mol. The smallest absolute Gasteiger partial charge is 0.247 e. The van der Waals surface area contributed by atoms with Gasteiger partial charge in [0.05, 0.1) is 72.2 Å². The minimum atomic E-state index is -0.493. The number of halogens is 1. The van der Waals surface area contributed by atoms with Crippen LogP contribution in [0.5, 0.6) is 34.6 Å². The number of aromatic nitrogens is 1. The van der Waals surface area contributed by atoms with E-state index in [1.807, 2.05) is 144 Å². The van der Waals surface area contributed by atoms with Crippen molar-refractivity contribution in [2.24, 2.45) is 0 Å². The summed E-state index contributed by atoms with van der Waals surface area (Å²) in [6.45, 7) is 40.8. The summed E-state index contributed by atoms with van der Waals surface area (Å²) in [4.78, 5) is 74.7. The van der Waals surface area contributed by atoms with E-state index in [0.717, 1.165) is 237 Å². The molecule has 0 saturated heterocycles. The number of benzene rings is 5. The van der Waals surface area contributed by atoms with Crippen molar-refractivity contribution in [2.45, 2.75) is 268 Å². The summed E-state index contributed by atoms with van der Waals surface area (Å²) in [7, 11) is 1.59. The molecule has 5 N–H and O–H groups in total. The van der Waals surface area contributed by atoms with Crippen molar-refractivity contribution in [2.75, 3.05) is 40.1 Å². The van der Waals surface area contributed by atoms with Gasteiger partial charge in [0.15, 0.2) is 0 Å². The molecule has 0 saturated carbocycles. The number of carbonyl (C=O) groups excluding carboxylic acids is 5. The molecule has 17 nitrogen and oxygen atoms in total. The zero-order chi connectivity index (χ0) is 97.2. The van der Waals surface area contributed by atoms with E-state index in [1.54, 1.807) is 47.3 Å². The van der Waals surface area contributed by atoms with E-state index >= 15 is 0 Å². The van der Waals surface area contributed by atoms with Gasteiger partial charge in [0.1, 0.15) is 28.7 Å². The normalized spacial score (nSPS) is 19.9. The Morgan fingerprint density at radius 2 is 0.607 bits per heavy atom. The molecular formula is C113H139ClN6O11S4. The molecule has 10 aromatic rings. The van der Waals surface area contributed by atoms with Crippen LogP contribution in [0.25, 0.3) is 27.9 Å². The molecular weight excluding hydrogens is 1780 g/mol. The fourth-order valence-electron chi connectivity index (χ4n) is 17.1. The van der Waals surface area contributed by atoms with Gasteiger partial charge in [-0.3, -0.25) is 24.0 Å². The van der Waals surface area contributed by atoms with Gasteiger partial charge in [-0.2, -0.15) is 0 Å². The molecule has 22 heteroatoms. The minimum absolute atomic E-state index is 0.0167. The van der Waals surface area contributed by atoms with Crippen LogP contribution in [0.2, 0.25) is 4.34 Å². The number of ether oxygens (including phenoxy) is 6. The van der Waals surface area contributed by atoms with Gasteiger partial charge < -0.3 is 55.0 Å². The number of aryl methyl sites for hydroxylation is 3. The van der Waals surface area contributed by atoms with Crippen molar-refractivity contribution in [3.8, 4) is 34.6 Å². The Balaban J connectivity index is 0.000000162. The third kappa shape index (κ3) is 27.8. The monoisotopic (exact) mass is 1920 g/mol. The van der Waals surface area contributed by atoms with Gasteiger partial charge in [-0.15, -0.1) is 45.3 Å². The Bertz CT molecular complexity index is 5510. The van der Waals surface area contributed by atoms with Crippen molar-refractivity contribution >= 4 is 114 Å². The Morgan fingerprint density at radius 1 is 0.326 bits per heavy atom. The Morgan fingerprint density at radius 3 is 0.874 bits per heavy atom. The van der Waals surface area contributed by atoms with Crippen LogP contribution in [-0.4, -0.2) is 74.7 Å². The first-order valence-corrected chi connectivity index (χ1v) is 51.6. The molecule has 718 valence electrons. The summed E-state index contributed by atoms with van der Waals surface area (Å²) in [5.41, 5.74) is 14.9. The van der Waals surface area contributed by atoms with Crippen LogP contribution in [0.1, 0.15) is 288 Å².